The Labute approximate surface area is 248 Å². The zero-order valence-electron chi connectivity index (χ0n) is 24.6. The number of carbonyl (C=O) groups is 1. The molecule has 0 spiro atoms. The summed E-state index contributed by atoms with van der Waals surface area (Å²) in [6.45, 7) is 8.47. The maximum absolute atomic E-state index is 13.2. The van der Waals surface area contributed by atoms with Crippen molar-refractivity contribution in [3.63, 3.8) is 0 Å². The van der Waals surface area contributed by atoms with Crippen LogP contribution in [0.15, 0.2) is 42.7 Å². The zero-order chi connectivity index (χ0) is 29.3. The predicted octanol–water partition coefficient (Wildman–Crippen LogP) is 3.76. The molecule has 0 bridgehead atoms. The molecule has 1 unspecified atom stereocenters. The number of fused-ring (bicyclic) bond motifs is 1. The fourth-order valence-electron chi connectivity index (χ4n) is 6.82. The molecule has 226 valence electrons. The molecule has 10 nitrogen and oxygen atoms in total. The Morgan fingerprint density at radius 3 is 2.67 bits per heavy atom. The molecular weight excluding hydrogens is 552 g/mol. The minimum absolute atomic E-state index is 0.0382. The minimum Gasteiger partial charge on any atom is -0.493 e. The average molecular weight is 595 g/mol. The average Bonchev–Trinajstić information content (AvgIpc) is 3.59. The summed E-state index contributed by atoms with van der Waals surface area (Å²) in [7, 11) is -2.93. The first-order valence-corrected chi connectivity index (χ1v) is 17.2. The fourth-order valence-corrected chi connectivity index (χ4v) is 8.66. The Morgan fingerprint density at radius 2 is 1.93 bits per heavy atom. The van der Waals surface area contributed by atoms with Gasteiger partial charge in [0.1, 0.15) is 11.6 Å². The van der Waals surface area contributed by atoms with Gasteiger partial charge in [0.15, 0.2) is 9.84 Å². The van der Waals surface area contributed by atoms with Crippen molar-refractivity contribution in [3.05, 3.63) is 42.7 Å². The summed E-state index contributed by atoms with van der Waals surface area (Å²) in [4.78, 5) is 27.1. The number of nitrogens with one attached hydrogen (secondary N) is 1. The van der Waals surface area contributed by atoms with Crippen LogP contribution in [0.1, 0.15) is 46.0 Å². The van der Waals surface area contributed by atoms with Gasteiger partial charge in [-0.3, -0.25) is 9.69 Å². The SMILES string of the molecule is CCN1CCN(C(=O)C2CCC(Nc3nccc(-n4ccc5c(OCC6CCS(=O)(=O)C6)cccc54)n3)CC2)C[C@@H]1C. The lowest BCUT2D eigenvalue weighted by Gasteiger charge is -2.41. The number of likely N-dealkylation sites (N-methyl/N-ethyl adjacent to an activating group) is 1. The molecule has 11 heteroatoms. The Bertz CT molecular complexity index is 1520. The Balaban J connectivity index is 1.06. The topological polar surface area (TPSA) is 110 Å². The quantitative estimate of drug-likeness (QED) is 0.420. The van der Waals surface area contributed by atoms with Crippen LogP contribution < -0.4 is 10.1 Å². The van der Waals surface area contributed by atoms with Crippen molar-refractivity contribution in [1.82, 2.24) is 24.3 Å². The van der Waals surface area contributed by atoms with Crippen LogP contribution in [0, 0.1) is 11.8 Å². The van der Waals surface area contributed by atoms with E-state index in [4.69, 9.17) is 9.72 Å². The third-order valence-corrected chi connectivity index (χ3v) is 11.1. The number of hydrogen-bond donors (Lipinski definition) is 1. The van der Waals surface area contributed by atoms with Gasteiger partial charge in [0.2, 0.25) is 11.9 Å². The summed E-state index contributed by atoms with van der Waals surface area (Å²) in [5, 5.41) is 4.48. The van der Waals surface area contributed by atoms with Crippen LogP contribution in [0.5, 0.6) is 5.75 Å². The van der Waals surface area contributed by atoms with Gasteiger partial charge in [0.25, 0.3) is 0 Å². The summed E-state index contributed by atoms with van der Waals surface area (Å²) < 4.78 is 31.7. The molecule has 3 aliphatic rings. The second-order valence-corrected chi connectivity index (χ2v) is 14.4. The second-order valence-electron chi connectivity index (χ2n) is 12.1. The number of amides is 1. The van der Waals surface area contributed by atoms with Crippen LogP contribution in [0.4, 0.5) is 5.95 Å². The van der Waals surface area contributed by atoms with Gasteiger partial charge in [-0.2, -0.15) is 4.98 Å². The monoisotopic (exact) mass is 594 g/mol. The van der Waals surface area contributed by atoms with Gasteiger partial charge in [-0.1, -0.05) is 13.0 Å². The first-order valence-electron chi connectivity index (χ1n) is 15.4. The highest BCUT2D eigenvalue weighted by Crippen LogP contribution is 2.31. The normalized spacial score (nSPS) is 26.4. The van der Waals surface area contributed by atoms with Crippen molar-refractivity contribution in [1.29, 1.82) is 0 Å². The highest BCUT2D eigenvalue weighted by atomic mass is 32.2. The molecule has 0 radical (unpaired) electrons. The van der Waals surface area contributed by atoms with Crippen molar-refractivity contribution in [2.45, 2.75) is 58.0 Å². The third-order valence-electron chi connectivity index (χ3n) is 9.27. The first-order chi connectivity index (χ1) is 20.3. The van der Waals surface area contributed by atoms with E-state index >= 15 is 0 Å². The van der Waals surface area contributed by atoms with Gasteiger partial charge in [0.05, 0.1) is 23.6 Å². The van der Waals surface area contributed by atoms with Gasteiger partial charge in [-0.25, -0.2) is 13.4 Å². The van der Waals surface area contributed by atoms with E-state index in [-0.39, 0.29) is 29.4 Å². The first kappa shape index (κ1) is 28.9. The number of piperazine rings is 1. The van der Waals surface area contributed by atoms with E-state index in [9.17, 15) is 13.2 Å². The lowest BCUT2D eigenvalue weighted by Crippen LogP contribution is -2.54. The van der Waals surface area contributed by atoms with Crippen LogP contribution in [0.25, 0.3) is 16.7 Å². The van der Waals surface area contributed by atoms with Crippen LogP contribution in [-0.2, 0) is 14.6 Å². The highest BCUT2D eigenvalue weighted by molar-refractivity contribution is 7.91. The van der Waals surface area contributed by atoms with E-state index in [0.717, 1.165) is 74.3 Å². The number of rotatable bonds is 8. The summed E-state index contributed by atoms with van der Waals surface area (Å²) >= 11 is 0. The van der Waals surface area contributed by atoms with Crippen molar-refractivity contribution in [2.24, 2.45) is 11.8 Å². The van der Waals surface area contributed by atoms with Gasteiger partial charge in [-0.15, -0.1) is 0 Å². The van der Waals surface area contributed by atoms with Crippen LogP contribution in [0.2, 0.25) is 0 Å². The number of aromatic nitrogens is 3. The summed E-state index contributed by atoms with van der Waals surface area (Å²) in [5.74, 6) is 3.01. The number of hydrogen-bond acceptors (Lipinski definition) is 8. The third kappa shape index (κ3) is 6.27. The summed E-state index contributed by atoms with van der Waals surface area (Å²) in [5.41, 5.74) is 0.962. The number of nitrogens with zero attached hydrogens (tertiary/aromatic N) is 5. The Hall–Kier alpha value is -3.18. The number of benzene rings is 1. The van der Waals surface area contributed by atoms with Crippen molar-refractivity contribution < 1.29 is 17.9 Å². The van der Waals surface area contributed by atoms with Crippen molar-refractivity contribution in [2.75, 3.05) is 49.6 Å². The van der Waals surface area contributed by atoms with Gasteiger partial charge in [0, 0.05) is 61.3 Å². The molecule has 1 amide bonds. The number of anilines is 1. The maximum Gasteiger partial charge on any atom is 0.225 e. The van der Waals surface area contributed by atoms with Crippen LogP contribution >= 0.6 is 0 Å². The van der Waals surface area contributed by atoms with E-state index in [0.29, 0.717) is 30.9 Å². The van der Waals surface area contributed by atoms with E-state index in [1.54, 1.807) is 6.20 Å². The maximum atomic E-state index is 13.2. The van der Waals surface area contributed by atoms with Crippen molar-refractivity contribution >= 4 is 32.6 Å². The lowest BCUT2D eigenvalue weighted by molar-refractivity contribution is -0.139. The van der Waals surface area contributed by atoms with E-state index in [1.165, 1.54) is 0 Å². The predicted molar refractivity (Wildman–Crippen MR) is 164 cm³/mol. The molecule has 4 heterocycles. The summed E-state index contributed by atoms with van der Waals surface area (Å²) in [6, 6.07) is 10.5. The molecule has 1 N–H and O–H groups in total. The molecule has 6 rings (SSSR count). The Morgan fingerprint density at radius 1 is 1.10 bits per heavy atom. The minimum atomic E-state index is -2.93. The van der Waals surface area contributed by atoms with E-state index in [1.807, 2.05) is 41.1 Å². The van der Waals surface area contributed by atoms with E-state index < -0.39 is 9.84 Å². The highest BCUT2D eigenvalue weighted by Gasteiger charge is 2.33. The van der Waals surface area contributed by atoms with Gasteiger partial charge < -0.3 is 19.5 Å². The number of ether oxygens (including phenoxy) is 1. The molecule has 1 aromatic carbocycles. The molecule has 1 saturated carbocycles. The molecule has 2 atom stereocenters. The molecule has 2 aromatic heterocycles. The molecular formula is C31H42N6O4S. The molecule has 3 fully saturated rings. The molecule has 2 saturated heterocycles. The van der Waals surface area contributed by atoms with Crippen LogP contribution in [0.3, 0.4) is 0 Å². The zero-order valence-corrected chi connectivity index (χ0v) is 25.4. The number of carbonyl (C=O) groups excluding carboxylic acids is 1. The molecule has 2 aliphatic heterocycles. The largest absolute Gasteiger partial charge is 0.493 e. The second kappa shape index (κ2) is 12.2. The number of sulfone groups is 1. The smallest absolute Gasteiger partial charge is 0.225 e. The fraction of sp³-hybridized carbons (Fsp3) is 0.581. The van der Waals surface area contributed by atoms with Crippen LogP contribution in [-0.4, -0.2) is 95.0 Å². The molecule has 3 aromatic rings. The van der Waals surface area contributed by atoms with Crippen molar-refractivity contribution in [3.8, 4) is 11.6 Å². The molecule has 42 heavy (non-hydrogen) atoms. The summed E-state index contributed by atoms with van der Waals surface area (Å²) in [6.07, 6.45) is 8.01. The Kier molecular flexibility index (Phi) is 8.40. The van der Waals surface area contributed by atoms with Gasteiger partial charge >= 0.3 is 0 Å². The molecule has 1 aliphatic carbocycles. The standard InChI is InChI=1S/C31H42N6O4S/c1-3-35-16-17-36(19-22(35)2)30(38)24-7-9-25(10-8-24)33-31-32-14-11-29(34-31)37-15-12-26-27(37)5-4-6-28(26)41-20-23-13-18-42(39,40)21-23/h4-6,11-12,14-15,22-25H,3,7-10,13,16-21H2,1-2H3,(H,32,33,34)/t22-,23?,24?,25?/m0/s1. The van der Waals surface area contributed by atoms with Gasteiger partial charge in [-0.05, 0) is 69.8 Å². The van der Waals surface area contributed by atoms with E-state index in [2.05, 4.69) is 33.9 Å². The lowest BCUT2D eigenvalue weighted by atomic mass is 9.85.